The third-order valence-electron chi connectivity index (χ3n) is 3.20. The zero-order valence-corrected chi connectivity index (χ0v) is 15.6. The zero-order chi connectivity index (χ0) is 18.0. The van der Waals surface area contributed by atoms with Crippen LogP contribution in [0.1, 0.15) is 15.9 Å². The lowest BCUT2D eigenvalue weighted by Crippen LogP contribution is -2.17. The van der Waals surface area contributed by atoms with Crippen LogP contribution in [0.15, 0.2) is 47.4 Å². The summed E-state index contributed by atoms with van der Waals surface area (Å²) in [6, 6.07) is 11.4. The van der Waals surface area contributed by atoms with Gasteiger partial charge in [0.05, 0.1) is 15.5 Å². The van der Waals surface area contributed by atoms with Crippen LogP contribution in [0.25, 0.3) is 6.08 Å². The summed E-state index contributed by atoms with van der Waals surface area (Å²) in [6.07, 6.45) is 1.62. The fourth-order valence-electron chi connectivity index (χ4n) is 2.06. The van der Waals surface area contributed by atoms with Crippen LogP contribution in [0.5, 0.6) is 5.75 Å². The molecule has 0 bridgehead atoms. The van der Waals surface area contributed by atoms with Crippen molar-refractivity contribution in [3.63, 3.8) is 0 Å². The Balaban J connectivity index is 1.89. The van der Waals surface area contributed by atoms with Crippen LogP contribution in [0.3, 0.4) is 0 Å². The predicted molar refractivity (Wildman–Crippen MR) is 104 cm³/mol. The van der Waals surface area contributed by atoms with E-state index in [1.807, 2.05) is 0 Å². The number of hydrogen-bond acceptors (Lipinski definition) is 5. The van der Waals surface area contributed by atoms with Gasteiger partial charge in [-0.2, -0.15) is 0 Å². The lowest BCUT2D eigenvalue weighted by molar-refractivity contribution is -0.115. The minimum Gasteiger partial charge on any atom is -0.422 e. The van der Waals surface area contributed by atoms with E-state index in [1.54, 1.807) is 36.4 Å². The second kappa shape index (κ2) is 7.58. The molecule has 25 heavy (non-hydrogen) atoms. The third kappa shape index (κ3) is 4.22. The molecule has 0 saturated carbocycles. The van der Waals surface area contributed by atoms with Crippen molar-refractivity contribution < 1.29 is 14.3 Å². The highest BCUT2D eigenvalue weighted by molar-refractivity contribution is 8.26. The molecule has 1 N–H and O–H groups in total. The first-order valence-corrected chi connectivity index (χ1v) is 8.93. The van der Waals surface area contributed by atoms with Crippen LogP contribution < -0.4 is 10.1 Å². The first kappa shape index (κ1) is 17.9. The summed E-state index contributed by atoms with van der Waals surface area (Å²) in [6.45, 7) is 0. The smallest absolute Gasteiger partial charge is 0.345 e. The highest BCUT2D eigenvalue weighted by atomic mass is 35.5. The minimum absolute atomic E-state index is 0.197. The van der Waals surface area contributed by atoms with Gasteiger partial charge in [0, 0.05) is 10.6 Å². The Hall–Kier alpha value is -1.86. The number of benzene rings is 2. The topological polar surface area (TPSA) is 55.4 Å². The number of esters is 1. The highest BCUT2D eigenvalue weighted by Crippen LogP contribution is 2.30. The van der Waals surface area contributed by atoms with Crippen molar-refractivity contribution in [2.45, 2.75) is 0 Å². The lowest BCUT2D eigenvalue weighted by atomic mass is 10.1. The summed E-state index contributed by atoms with van der Waals surface area (Å²) in [5.74, 6) is -0.597. The predicted octanol–water partition coefficient (Wildman–Crippen LogP) is 4.70. The van der Waals surface area contributed by atoms with Crippen molar-refractivity contribution >= 4 is 69.5 Å². The summed E-state index contributed by atoms with van der Waals surface area (Å²) in [5, 5.41) is 3.16. The Labute approximate surface area is 163 Å². The first-order valence-electron chi connectivity index (χ1n) is 6.95. The zero-order valence-electron chi connectivity index (χ0n) is 12.4. The Kier molecular flexibility index (Phi) is 5.44. The summed E-state index contributed by atoms with van der Waals surface area (Å²) < 4.78 is 5.83. The van der Waals surface area contributed by atoms with Crippen LogP contribution in [0.4, 0.5) is 0 Å². The normalized spacial score (nSPS) is 15.4. The van der Waals surface area contributed by atoms with Gasteiger partial charge in [-0.05, 0) is 30.3 Å². The number of halogens is 2. The van der Waals surface area contributed by atoms with Crippen LogP contribution in [0, 0.1) is 0 Å². The van der Waals surface area contributed by atoms with Crippen molar-refractivity contribution in [2.24, 2.45) is 0 Å². The van der Waals surface area contributed by atoms with Gasteiger partial charge < -0.3 is 10.1 Å². The van der Waals surface area contributed by atoms with Gasteiger partial charge in [-0.25, -0.2) is 4.79 Å². The van der Waals surface area contributed by atoms with Crippen molar-refractivity contribution in [3.05, 3.63) is 68.5 Å². The van der Waals surface area contributed by atoms with Gasteiger partial charge in [0.2, 0.25) is 0 Å². The van der Waals surface area contributed by atoms with Crippen LogP contribution in [-0.2, 0) is 4.79 Å². The van der Waals surface area contributed by atoms with Crippen LogP contribution >= 0.6 is 47.2 Å². The number of hydrogen-bond donors (Lipinski definition) is 1. The second-order valence-corrected chi connectivity index (χ2v) is 7.47. The molecule has 2 aromatic rings. The summed E-state index contributed by atoms with van der Waals surface area (Å²) in [4.78, 5) is 24.6. The molecular formula is C17H9Cl2NO3S2. The second-order valence-electron chi connectivity index (χ2n) is 4.90. The number of carbonyl (C=O) groups excluding carboxylic acids is 2. The Morgan fingerprint density at radius 3 is 2.64 bits per heavy atom. The van der Waals surface area contributed by atoms with E-state index in [2.05, 4.69) is 5.32 Å². The van der Waals surface area contributed by atoms with Crippen molar-refractivity contribution in [1.82, 2.24) is 5.32 Å². The van der Waals surface area contributed by atoms with Gasteiger partial charge in [-0.3, -0.25) is 4.79 Å². The SMILES string of the molecule is O=C1NC(=S)S/C1=C\c1ccccc1OC(=O)c1ccc(Cl)cc1Cl. The molecule has 0 radical (unpaired) electrons. The Bertz CT molecular complexity index is 928. The lowest BCUT2D eigenvalue weighted by Gasteiger charge is -2.09. The molecule has 1 amide bonds. The van der Waals surface area contributed by atoms with E-state index in [0.29, 0.717) is 25.6 Å². The molecule has 1 fully saturated rings. The van der Waals surface area contributed by atoms with E-state index < -0.39 is 5.97 Å². The monoisotopic (exact) mass is 409 g/mol. The average molecular weight is 410 g/mol. The highest BCUT2D eigenvalue weighted by Gasteiger charge is 2.23. The van der Waals surface area contributed by atoms with Crippen molar-refractivity contribution in [2.75, 3.05) is 0 Å². The molecule has 0 aliphatic carbocycles. The van der Waals surface area contributed by atoms with Gasteiger partial charge in [0.1, 0.15) is 10.1 Å². The minimum atomic E-state index is -0.619. The molecule has 4 nitrogen and oxygen atoms in total. The van der Waals surface area contributed by atoms with E-state index in [9.17, 15) is 9.59 Å². The number of thioether (sulfide) groups is 1. The Morgan fingerprint density at radius 2 is 1.96 bits per heavy atom. The molecule has 0 atom stereocenters. The van der Waals surface area contributed by atoms with Crippen LogP contribution in [0.2, 0.25) is 10.0 Å². The van der Waals surface area contributed by atoms with Gasteiger partial charge in [-0.15, -0.1) is 0 Å². The van der Waals surface area contributed by atoms with E-state index in [0.717, 1.165) is 11.8 Å². The molecule has 1 aliphatic heterocycles. The van der Waals surface area contributed by atoms with Crippen molar-refractivity contribution in [3.8, 4) is 5.75 Å². The summed E-state index contributed by atoms with van der Waals surface area (Å²) in [7, 11) is 0. The van der Waals surface area contributed by atoms with Crippen LogP contribution in [-0.4, -0.2) is 16.2 Å². The molecule has 0 unspecified atom stereocenters. The number of ether oxygens (including phenoxy) is 1. The molecule has 1 heterocycles. The molecular weight excluding hydrogens is 401 g/mol. The summed E-state index contributed by atoms with van der Waals surface area (Å²) >= 11 is 18.0. The third-order valence-corrected chi connectivity index (χ3v) is 4.91. The quantitative estimate of drug-likeness (QED) is 0.344. The number of para-hydroxylation sites is 1. The fourth-order valence-corrected chi connectivity index (χ4v) is 3.59. The first-order chi connectivity index (χ1) is 11.9. The van der Waals surface area contributed by atoms with Gasteiger partial charge in [0.15, 0.2) is 0 Å². The standard InChI is InChI=1S/C17H9Cl2NO3S2/c18-10-5-6-11(12(19)8-10)16(22)23-13-4-2-1-3-9(13)7-14-15(21)20-17(24)25-14/h1-8H,(H,20,21,24)/b14-7-. The number of rotatable bonds is 3. The van der Waals surface area contributed by atoms with E-state index in [4.69, 9.17) is 40.2 Å². The van der Waals surface area contributed by atoms with E-state index in [-0.39, 0.29) is 16.5 Å². The maximum atomic E-state index is 12.4. The molecule has 126 valence electrons. The van der Waals surface area contributed by atoms with Crippen molar-refractivity contribution in [1.29, 1.82) is 0 Å². The molecule has 1 saturated heterocycles. The Morgan fingerprint density at radius 1 is 1.20 bits per heavy atom. The van der Waals surface area contributed by atoms with E-state index in [1.165, 1.54) is 12.1 Å². The number of carbonyl (C=O) groups is 2. The molecule has 1 aliphatic rings. The number of nitrogens with one attached hydrogen (secondary N) is 1. The largest absolute Gasteiger partial charge is 0.422 e. The molecule has 8 heteroatoms. The molecule has 3 rings (SSSR count). The number of amides is 1. The van der Waals surface area contributed by atoms with E-state index >= 15 is 0 Å². The van der Waals surface area contributed by atoms with Gasteiger partial charge >= 0.3 is 5.97 Å². The van der Waals surface area contributed by atoms with Gasteiger partial charge in [0.25, 0.3) is 5.91 Å². The maximum Gasteiger partial charge on any atom is 0.345 e. The maximum absolute atomic E-state index is 12.4. The number of thiocarbonyl (C=S) groups is 1. The molecule has 0 aromatic heterocycles. The average Bonchev–Trinajstić information content (AvgIpc) is 2.86. The summed E-state index contributed by atoms with van der Waals surface area (Å²) in [5.41, 5.74) is 0.769. The molecule has 0 spiro atoms. The molecule has 2 aromatic carbocycles. The fraction of sp³-hybridized carbons (Fsp3) is 0. The van der Waals surface area contributed by atoms with Gasteiger partial charge in [-0.1, -0.05) is 65.4 Å².